The van der Waals surface area contributed by atoms with Gasteiger partial charge in [-0.1, -0.05) is 12.1 Å². The minimum atomic E-state index is 0.0263. The van der Waals surface area contributed by atoms with E-state index in [-0.39, 0.29) is 17.9 Å². The lowest BCUT2D eigenvalue weighted by Crippen LogP contribution is -2.42. The van der Waals surface area contributed by atoms with E-state index in [4.69, 9.17) is 4.74 Å². The molecule has 0 bridgehead atoms. The van der Waals surface area contributed by atoms with E-state index in [9.17, 15) is 4.79 Å². The molecule has 1 heterocycles. The van der Waals surface area contributed by atoms with Crippen molar-refractivity contribution in [2.24, 2.45) is 5.92 Å². The molecule has 21 heavy (non-hydrogen) atoms. The number of hydrogen-bond donors (Lipinski definition) is 2. The van der Waals surface area contributed by atoms with Crippen molar-refractivity contribution in [1.29, 1.82) is 0 Å². The quantitative estimate of drug-likeness (QED) is 0.876. The lowest BCUT2D eigenvalue weighted by molar-refractivity contribution is -0.126. The first kappa shape index (κ1) is 15.8. The van der Waals surface area contributed by atoms with Crippen LogP contribution in [0.2, 0.25) is 0 Å². The number of amides is 1. The second-order valence-electron chi connectivity index (χ2n) is 5.81. The Bertz CT molecular complexity index is 458. The fraction of sp³-hybridized carbons (Fsp3) is 0.588. The van der Waals surface area contributed by atoms with Crippen molar-refractivity contribution in [2.75, 3.05) is 13.2 Å². The van der Waals surface area contributed by atoms with Gasteiger partial charge in [-0.2, -0.15) is 0 Å². The van der Waals surface area contributed by atoms with Crippen molar-refractivity contribution in [2.45, 2.75) is 45.7 Å². The highest BCUT2D eigenvalue weighted by atomic mass is 16.5. The largest absolute Gasteiger partial charge is 0.494 e. The van der Waals surface area contributed by atoms with Gasteiger partial charge in [0.1, 0.15) is 5.75 Å². The molecule has 4 nitrogen and oxygen atoms in total. The predicted octanol–water partition coefficient (Wildman–Crippen LogP) is 2.65. The van der Waals surface area contributed by atoms with Crippen molar-refractivity contribution in [3.05, 3.63) is 29.8 Å². The molecule has 0 spiro atoms. The molecule has 3 atom stereocenters. The van der Waals surface area contributed by atoms with Crippen LogP contribution in [0.25, 0.3) is 0 Å². The highest BCUT2D eigenvalue weighted by Gasteiger charge is 2.25. The van der Waals surface area contributed by atoms with E-state index >= 15 is 0 Å². The summed E-state index contributed by atoms with van der Waals surface area (Å²) in [5, 5.41) is 6.51. The maximum atomic E-state index is 12.3. The van der Waals surface area contributed by atoms with Crippen molar-refractivity contribution in [3.8, 4) is 5.75 Å². The summed E-state index contributed by atoms with van der Waals surface area (Å²) < 4.78 is 5.43. The Kier molecular flexibility index (Phi) is 5.62. The molecule has 1 aromatic carbocycles. The number of piperidine rings is 1. The summed E-state index contributed by atoms with van der Waals surface area (Å²) >= 11 is 0. The first-order valence-electron chi connectivity index (χ1n) is 7.86. The molecule has 1 fully saturated rings. The number of hydrogen-bond acceptors (Lipinski definition) is 3. The van der Waals surface area contributed by atoms with E-state index in [1.807, 2.05) is 38.1 Å². The molecule has 2 rings (SSSR count). The van der Waals surface area contributed by atoms with Gasteiger partial charge in [-0.15, -0.1) is 0 Å². The highest BCUT2D eigenvalue weighted by Crippen LogP contribution is 2.20. The predicted molar refractivity (Wildman–Crippen MR) is 84.4 cm³/mol. The molecule has 0 saturated carbocycles. The topological polar surface area (TPSA) is 50.4 Å². The summed E-state index contributed by atoms with van der Waals surface area (Å²) in [7, 11) is 0. The molecular weight excluding hydrogens is 264 g/mol. The Morgan fingerprint density at radius 1 is 1.43 bits per heavy atom. The van der Waals surface area contributed by atoms with Gasteiger partial charge in [0.05, 0.1) is 12.6 Å². The summed E-state index contributed by atoms with van der Waals surface area (Å²) in [5.74, 6) is 1.17. The minimum absolute atomic E-state index is 0.0263. The lowest BCUT2D eigenvalue weighted by atomic mass is 9.92. The lowest BCUT2D eigenvalue weighted by Gasteiger charge is -2.28. The molecule has 0 radical (unpaired) electrons. The van der Waals surface area contributed by atoms with Crippen LogP contribution in [0.3, 0.4) is 0 Å². The van der Waals surface area contributed by atoms with Crippen LogP contribution in [0.4, 0.5) is 0 Å². The number of carbonyl (C=O) groups is 1. The van der Waals surface area contributed by atoms with E-state index < -0.39 is 0 Å². The van der Waals surface area contributed by atoms with Crippen LogP contribution in [0.15, 0.2) is 24.3 Å². The van der Waals surface area contributed by atoms with E-state index in [1.165, 1.54) is 0 Å². The molecule has 1 aliphatic rings. The fourth-order valence-electron chi connectivity index (χ4n) is 2.80. The Hall–Kier alpha value is -1.55. The third kappa shape index (κ3) is 4.46. The monoisotopic (exact) mass is 290 g/mol. The normalized spacial score (nSPS) is 23.4. The van der Waals surface area contributed by atoms with Gasteiger partial charge < -0.3 is 15.4 Å². The van der Waals surface area contributed by atoms with Gasteiger partial charge in [0.2, 0.25) is 5.91 Å². The number of nitrogens with one attached hydrogen (secondary N) is 2. The Morgan fingerprint density at radius 3 is 2.76 bits per heavy atom. The number of carbonyl (C=O) groups excluding carboxylic acids is 1. The van der Waals surface area contributed by atoms with Gasteiger partial charge in [-0.3, -0.25) is 4.79 Å². The van der Waals surface area contributed by atoms with Gasteiger partial charge in [-0.25, -0.2) is 0 Å². The van der Waals surface area contributed by atoms with E-state index in [2.05, 4.69) is 17.6 Å². The molecule has 116 valence electrons. The van der Waals surface area contributed by atoms with Gasteiger partial charge in [0.25, 0.3) is 0 Å². The van der Waals surface area contributed by atoms with Crippen molar-refractivity contribution >= 4 is 5.91 Å². The van der Waals surface area contributed by atoms with Crippen LogP contribution < -0.4 is 15.4 Å². The Labute approximate surface area is 127 Å². The molecule has 0 aliphatic carbocycles. The van der Waals surface area contributed by atoms with Crippen molar-refractivity contribution in [3.63, 3.8) is 0 Å². The average molecular weight is 290 g/mol. The second kappa shape index (κ2) is 7.46. The maximum absolute atomic E-state index is 12.3. The van der Waals surface area contributed by atoms with E-state index in [0.29, 0.717) is 12.6 Å². The van der Waals surface area contributed by atoms with Gasteiger partial charge in [-0.05, 0) is 57.9 Å². The summed E-state index contributed by atoms with van der Waals surface area (Å²) in [6.07, 6.45) is 1.84. The zero-order valence-corrected chi connectivity index (χ0v) is 13.2. The molecule has 1 aromatic rings. The Morgan fingerprint density at radius 2 is 2.14 bits per heavy atom. The van der Waals surface area contributed by atoms with Crippen LogP contribution in [-0.4, -0.2) is 25.1 Å². The van der Waals surface area contributed by atoms with Crippen molar-refractivity contribution < 1.29 is 9.53 Å². The summed E-state index contributed by atoms with van der Waals surface area (Å²) in [5.41, 5.74) is 1.11. The van der Waals surface area contributed by atoms with Gasteiger partial charge >= 0.3 is 0 Å². The molecule has 1 saturated heterocycles. The average Bonchev–Trinajstić information content (AvgIpc) is 2.48. The summed E-state index contributed by atoms with van der Waals surface area (Å²) in [6, 6.07) is 8.39. The molecular formula is C17H26N2O2. The smallest absolute Gasteiger partial charge is 0.223 e. The minimum Gasteiger partial charge on any atom is -0.494 e. The van der Waals surface area contributed by atoms with E-state index in [0.717, 1.165) is 30.7 Å². The third-order valence-electron chi connectivity index (χ3n) is 4.04. The zero-order chi connectivity index (χ0) is 15.2. The molecule has 1 aliphatic heterocycles. The first-order valence-corrected chi connectivity index (χ1v) is 7.86. The number of rotatable bonds is 5. The van der Waals surface area contributed by atoms with Gasteiger partial charge in [0.15, 0.2) is 0 Å². The SMILES string of the molecule is CCOc1ccc(C(C)NC(=O)C2CCNC(C)C2)cc1. The van der Waals surface area contributed by atoms with Crippen LogP contribution in [0.1, 0.15) is 45.2 Å². The molecule has 0 aromatic heterocycles. The summed E-state index contributed by atoms with van der Waals surface area (Å²) in [4.78, 5) is 12.3. The molecule has 1 amide bonds. The summed E-state index contributed by atoms with van der Waals surface area (Å²) in [6.45, 7) is 7.72. The van der Waals surface area contributed by atoms with E-state index in [1.54, 1.807) is 0 Å². The van der Waals surface area contributed by atoms with Crippen LogP contribution in [0, 0.1) is 5.92 Å². The van der Waals surface area contributed by atoms with Crippen LogP contribution in [0.5, 0.6) is 5.75 Å². The first-order chi connectivity index (χ1) is 10.1. The highest BCUT2D eigenvalue weighted by molar-refractivity contribution is 5.79. The second-order valence-corrected chi connectivity index (χ2v) is 5.81. The molecule has 3 unspecified atom stereocenters. The maximum Gasteiger partial charge on any atom is 0.223 e. The van der Waals surface area contributed by atoms with Crippen molar-refractivity contribution in [1.82, 2.24) is 10.6 Å². The Balaban J connectivity index is 1.90. The molecule has 4 heteroatoms. The third-order valence-corrected chi connectivity index (χ3v) is 4.04. The standard InChI is InChI=1S/C17H26N2O2/c1-4-21-16-7-5-14(6-8-16)13(3)19-17(20)15-9-10-18-12(2)11-15/h5-8,12-13,15,18H,4,9-11H2,1-3H3,(H,19,20). The van der Waals surface area contributed by atoms with Gasteiger partial charge in [0, 0.05) is 12.0 Å². The molecule has 2 N–H and O–H groups in total. The number of benzene rings is 1. The zero-order valence-electron chi connectivity index (χ0n) is 13.2. The fourth-order valence-corrected chi connectivity index (χ4v) is 2.80. The van der Waals surface area contributed by atoms with Crippen LogP contribution >= 0.6 is 0 Å². The number of ether oxygens (including phenoxy) is 1. The van der Waals surface area contributed by atoms with Crippen LogP contribution in [-0.2, 0) is 4.79 Å².